The number of carbonyl (C=O) groups excluding carboxylic acids is 2. The molecule has 2 amide bonds. The van der Waals surface area contributed by atoms with Crippen molar-refractivity contribution in [1.29, 1.82) is 0 Å². The highest BCUT2D eigenvalue weighted by Crippen LogP contribution is 2.21. The molecule has 0 saturated carbocycles. The number of primary amides is 1. The minimum absolute atomic E-state index is 0.0158. The Morgan fingerprint density at radius 1 is 1.20 bits per heavy atom. The number of ether oxygens (including phenoxy) is 1. The van der Waals surface area contributed by atoms with E-state index in [0.29, 0.717) is 26.1 Å². The lowest BCUT2D eigenvalue weighted by atomic mass is 10.1. The Kier molecular flexibility index (Phi) is 5.11. The van der Waals surface area contributed by atoms with Gasteiger partial charge in [-0.25, -0.2) is 8.42 Å². The molecule has 3 heterocycles. The Bertz CT molecular complexity index is 745. The Balaban J connectivity index is 1.58. The van der Waals surface area contributed by atoms with E-state index in [1.165, 1.54) is 16.4 Å². The van der Waals surface area contributed by atoms with Crippen LogP contribution in [0.5, 0.6) is 0 Å². The first-order chi connectivity index (χ1) is 11.9. The molecule has 9 nitrogen and oxygen atoms in total. The number of nitrogens with zero attached hydrogens (tertiary/aromatic N) is 2. The van der Waals surface area contributed by atoms with Crippen molar-refractivity contribution in [1.82, 2.24) is 9.21 Å². The molecular weight excluding hydrogens is 350 g/mol. The standard InChI is InChI=1S/C15H21N3O6S/c16-15(20)12-3-4-14(24-12)25(21,22)18-7-5-17(6-8-18)13(19)10-11-2-1-9-23-11/h3-4,11H,1-2,5-10H2,(H2,16,20). The molecule has 1 unspecified atom stereocenters. The maximum Gasteiger partial charge on any atom is 0.284 e. The zero-order chi connectivity index (χ0) is 18.0. The van der Waals surface area contributed by atoms with Crippen LogP contribution in [0.1, 0.15) is 29.8 Å². The lowest BCUT2D eigenvalue weighted by Gasteiger charge is -2.33. The van der Waals surface area contributed by atoms with Crippen molar-refractivity contribution in [2.75, 3.05) is 32.8 Å². The highest BCUT2D eigenvalue weighted by Gasteiger charge is 2.33. The van der Waals surface area contributed by atoms with Crippen molar-refractivity contribution in [2.24, 2.45) is 5.73 Å². The van der Waals surface area contributed by atoms with E-state index in [4.69, 9.17) is 14.9 Å². The molecule has 1 atom stereocenters. The van der Waals surface area contributed by atoms with Crippen LogP contribution in [-0.2, 0) is 19.6 Å². The highest BCUT2D eigenvalue weighted by atomic mass is 32.2. The van der Waals surface area contributed by atoms with Gasteiger partial charge in [0.05, 0.1) is 12.5 Å². The third kappa shape index (κ3) is 3.86. The first-order valence-electron chi connectivity index (χ1n) is 8.17. The Morgan fingerprint density at radius 2 is 1.92 bits per heavy atom. The molecule has 3 rings (SSSR count). The lowest BCUT2D eigenvalue weighted by molar-refractivity contribution is -0.134. The van der Waals surface area contributed by atoms with Crippen LogP contribution in [0.15, 0.2) is 21.6 Å². The molecule has 0 spiro atoms. The summed E-state index contributed by atoms with van der Waals surface area (Å²) in [5.74, 6) is -1.05. The average molecular weight is 371 g/mol. The molecule has 0 aromatic carbocycles. The second-order valence-electron chi connectivity index (χ2n) is 6.11. The average Bonchev–Trinajstić information content (AvgIpc) is 3.26. The van der Waals surface area contributed by atoms with Gasteiger partial charge in [0.15, 0.2) is 5.76 Å². The van der Waals surface area contributed by atoms with E-state index in [1.807, 2.05) is 0 Å². The zero-order valence-electron chi connectivity index (χ0n) is 13.7. The fourth-order valence-electron chi connectivity index (χ4n) is 3.03. The summed E-state index contributed by atoms with van der Waals surface area (Å²) in [4.78, 5) is 25.0. The number of piperazine rings is 1. The van der Waals surface area contributed by atoms with Gasteiger partial charge in [-0.05, 0) is 25.0 Å². The number of hydrogen-bond donors (Lipinski definition) is 1. The van der Waals surface area contributed by atoms with Crippen molar-refractivity contribution in [3.8, 4) is 0 Å². The third-order valence-electron chi connectivity index (χ3n) is 4.44. The van der Waals surface area contributed by atoms with Crippen molar-refractivity contribution < 1.29 is 27.2 Å². The first-order valence-corrected chi connectivity index (χ1v) is 9.61. The number of sulfonamides is 1. The van der Waals surface area contributed by atoms with Crippen LogP contribution in [0.2, 0.25) is 0 Å². The molecule has 0 radical (unpaired) electrons. The number of furan rings is 1. The lowest BCUT2D eigenvalue weighted by Crippen LogP contribution is -2.50. The van der Waals surface area contributed by atoms with Crippen molar-refractivity contribution in [3.63, 3.8) is 0 Å². The zero-order valence-corrected chi connectivity index (χ0v) is 14.5. The fourth-order valence-corrected chi connectivity index (χ4v) is 4.36. The van der Waals surface area contributed by atoms with Gasteiger partial charge in [-0.2, -0.15) is 4.31 Å². The summed E-state index contributed by atoms with van der Waals surface area (Å²) < 4.78 is 36.8. The molecule has 2 fully saturated rings. The molecule has 0 aliphatic carbocycles. The van der Waals surface area contributed by atoms with Crippen LogP contribution < -0.4 is 5.73 Å². The van der Waals surface area contributed by atoms with Gasteiger partial charge in [0, 0.05) is 32.8 Å². The smallest absolute Gasteiger partial charge is 0.284 e. The SMILES string of the molecule is NC(=O)c1ccc(S(=O)(=O)N2CCN(C(=O)CC3CCCO3)CC2)o1. The topological polar surface area (TPSA) is 123 Å². The van der Waals surface area contributed by atoms with Crippen LogP contribution in [0, 0.1) is 0 Å². The van der Waals surface area contributed by atoms with E-state index >= 15 is 0 Å². The Labute approximate surface area is 145 Å². The molecule has 1 aromatic rings. The molecule has 0 bridgehead atoms. The van der Waals surface area contributed by atoms with Crippen molar-refractivity contribution >= 4 is 21.8 Å². The van der Waals surface area contributed by atoms with Gasteiger partial charge < -0.3 is 19.8 Å². The van der Waals surface area contributed by atoms with Crippen LogP contribution in [0.3, 0.4) is 0 Å². The fraction of sp³-hybridized carbons (Fsp3) is 0.600. The second-order valence-corrected chi connectivity index (χ2v) is 7.98. The summed E-state index contributed by atoms with van der Waals surface area (Å²) in [6, 6.07) is 2.45. The minimum Gasteiger partial charge on any atom is -0.438 e. The molecule has 1 aromatic heterocycles. The monoisotopic (exact) mass is 371 g/mol. The third-order valence-corrected chi connectivity index (χ3v) is 6.21. The largest absolute Gasteiger partial charge is 0.438 e. The number of amides is 2. The van der Waals surface area contributed by atoms with Crippen LogP contribution in [0.4, 0.5) is 0 Å². The van der Waals surface area contributed by atoms with E-state index < -0.39 is 15.9 Å². The summed E-state index contributed by atoms with van der Waals surface area (Å²) in [6.07, 6.45) is 2.18. The minimum atomic E-state index is -3.85. The number of nitrogens with two attached hydrogens (primary N) is 1. The second kappa shape index (κ2) is 7.14. The normalized spacial score (nSPS) is 22.2. The summed E-state index contributed by atoms with van der Waals surface area (Å²) >= 11 is 0. The molecule has 2 N–H and O–H groups in total. The molecule has 2 aliphatic heterocycles. The predicted octanol–water partition coefficient (Wildman–Crippen LogP) is -0.219. The molecule has 2 saturated heterocycles. The van der Waals surface area contributed by atoms with E-state index in [2.05, 4.69) is 0 Å². The molecule has 2 aliphatic rings. The van der Waals surface area contributed by atoms with Crippen LogP contribution >= 0.6 is 0 Å². The molecule has 25 heavy (non-hydrogen) atoms. The first kappa shape index (κ1) is 17.9. The molecule has 10 heteroatoms. The van der Waals surface area contributed by atoms with Gasteiger partial charge in [-0.1, -0.05) is 0 Å². The van der Waals surface area contributed by atoms with E-state index in [1.54, 1.807) is 4.90 Å². The number of carbonyl (C=O) groups is 2. The predicted molar refractivity (Wildman–Crippen MR) is 86.2 cm³/mol. The highest BCUT2D eigenvalue weighted by molar-refractivity contribution is 7.89. The number of hydrogen-bond acceptors (Lipinski definition) is 6. The summed E-state index contributed by atoms with van der Waals surface area (Å²) in [7, 11) is -3.85. The van der Waals surface area contributed by atoms with Crippen molar-refractivity contribution in [2.45, 2.75) is 30.5 Å². The molecule has 138 valence electrons. The van der Waals surface area contributed by atoms with Gasteiger partial charge in [0.1, 0.15) is 0 Å². The number of rotatable bonds is 5. The maximum absolute atomic E-state index is 12.5. The summed E-state index contributed by atoms with van der Waals surface area (Å²) in [5.41, 5.74) is 5.07. The van der Waals surface area contributed by atoms with Gasteiger partial charge in [-0.3, -0.25) is 9.59 Å². The quantitative estimate of drug-likeness (QED) is 0.763. The van der Waals surface area contributed by atoms with E-state index in [0.717, 1.165) is 12.8 Å². The summed E-state index contributed by atoms with van der Waals surface area (Å²) in [6.45, 7) is 1.67. The van der Waals surface area contributed by atoms with Gasteiger partial charge in [0.2, 0.25) is 11.0 Å². The van der Waals surface area contributed by atoms with E-state index in [-0.39, 0.29) is 36.0 Å². The van der Waals surface area contributed by atoms with Gasteiger partial charge in [0.25, 0.3) is 15.9 Å². The maximum atomic E-state index is 12.5. The van der Waals surface area contributed by atoms with Crippen LogP contribution in [0.25, 0.3) is 0 Å². The van der Waals surface area contributed by atoms with Gasteiger partial charge >= 0.3 is 0 Å². The van der Waals surface area contributed by atoms with E-state index in [9.17, 15) is 18.0 Å². The Hall–Kier alpha value is -1.91. The molecular formula is C15H21N3O6S. The van der Waals surface area contributed by atoms with Crippen LogP contribution in [-0.4, -0.2) is 68.3 Å². The van der Waals surface area contributed by atoms with Crippen molar-refractivity contribution in [3.05, 3.63) is 17.9 Å². The van der Waals surface area contributed by atoms with Gasteiger partial charge in [-0.15, -0.1) is 0 Å². The Morgan fingerprint density at radius 3 is 2.48 bits per heavy atom. The summed E-state index contributed by atoms with van der Waals surface area (Å²) in [5, 5.41) is -0.319.